The van der Waals surface area contributed by atoms with E-state index in [9.17, 15) is 23.5 Å². The second kappa shape index (κ2) is 9.71. The van der Waals surface area contributed by atoms with Gasteiger partial charge in [0.15, 0.2) is 17.7 Å². The summed E-state index contributed by atoms with van der Waals surface area (Å²) in [6, 6.07) is 0. The highest BCUT2D eigenvalue weighted by Gasteiger charge is 2.48. The highest BCUT2D eigenvalue weighted by atomic mass is 31.3. The van der Waals surface area contributed by atoms with Gasteiger partial charge in [-0.2, -0.15) is 8.62 Å². The Morgan fingerprint density at radius 2 is 1.70 bits per heavy atom. The molecule has 18 nitrogen and oxygen atoms in total. The Morgan fingerprint density at radius 1 is 1.03 bits per heavy atom. The number of nitrogen functional groups attached to an aromatic ring is 1. The van der Waals surface area contributed by atoms with Crippen LogP contribution in [0.1, 0.15) is 6.23 Å². The van der Waals surface area contributed by atoms with Crippen LogP contribution < -0.4 is 5.73 Å². The van der Waals surface area contributed by atoms with E-state index in [-0.39, 0.29) is 5.82 Å². The average molecular weight is 535 g/mol. The molecular weight excluding hydrogens is 515 g/mol. The first-order valence-electron chi connectivity index (χ1n) is 8.69. The minimum absolute atomic E-state index is 0.123. The molecule has 3 rings (SSSR count). The van der Waals surface area contributed by atoms with Gasteiger partial charge in [0.2, 0.25) is 0 Å². The molecule has 0 spiro atoms. The molecule has 0 amide bonds. The van der Waals surface area contributed by atoms with E-state index in [1.165, 1.54) is 31.4 Å². The molecule has 0 saturated carbocycles. The molecule has 0 radical (unpaired) electrons. The summed E-state index contributed by atoms with van der Waals surface area (Å²) < 4.78 is 64.3. The second-order valence-electron chi connectivity index (χ2n) is 6.44. The predicted molar refractivity (Wildman–Crippen MR) is 105 cm³/mol. The third-order valence-corrected chi connectivity index (χ3v) is 8.11. The number of aromatic nitrogens is 4. The van der Waals surface area contributed by atoms with Crippen LogP contribution in [0.15, 0.2) is 12.7 Å². The Kier molecular flexibility index (Phi) is 7.73. The van der Waals surface area contributed by atoms with Gasteiger partial charge >= 0.3 is 23.5 Å². The quantitative estimate of drug-likeness (QED) is 0.244. The van der Waals surface area contributed by atoms with Gasteiger partial charge in [-0.3, -0.25) is 9.09 Å². The number of phosphoric acid groups is 3. The Labute approximate surface area is 185 Å². The summed E-state index contributed by atoms with van der Waals surface area (Å²) in [6.45, 7) is -0.734. The van der Waals surface area contributed by atoms with Gasteiger partial charge in [-0.1, -0.05) is 0 Å². The SMILES string of the molecule is COC1C(COP(=O)(O)OP(=O)(O)OP(=O)(O)O)OC(n2cnc3c(N)ncnc32)C1OC. The summed E-state index contributed by atoms with van der Waals surface area (Å²) in [6.07, 6.45) is -1.13. The highest BCUT2D eigenvalue weighted by molar-refractivity contribution is 7.66. The molecular formula is C12H20N5O13P3. The predicted octanol–water partition coefficient (Wildman–Crippen LogP) is -0.321. The maximum absolute atomic E-state index is 12.0. The molecule has 1 fully saturated rings. The number of hydrogen-bond donors (Lipinski definition) is 5. The maximum atomic E-state index is 12.0. The van der Waals surface area contributed by atoms with Gasteiger partial charge in [-0.05, 0) is 0 Å². The van der Waals surface area contributed by atoms with E-state index in [1.807, 2.05) is 0 Å². The molecule has 0 aromatic carbocycles. The second-order valence-corrected chi connectivity index (χ2v) is 10.9. The van der Waals surface area contributed by atoms with Crippen LogP contribution in [-0.4, -0.2) is 78.2 Å². The van der Waals surface area contributed by atoms with E-state index in [2.05, 4.69) is 28.1 Å². The van der Waals surface area contributed by atoms with Crippen molar-refractivity contribution in [2.24, 2.45) is 0 Å². The molecule has 2 aromatic rings. The van der Waals surface area contributed by atoms with Crippen molar-refractivity contribution in [1.82, 2.24) is 19.5 Å². The highest BCUT2D eigenvalue weighted by Crippen LogP contribution is 2.66. The number of nitrogens with zero attached hydrogens (tertiary/aromatic N) is 4. The van der Waals surface area contributed by atoms with E-state index < -0.39 is 54.6 Å². The van der Waals surface area contributed by atoms with Crippen molar-refractivity contribution >= 4 is 40.4 Å². The molecule has 2 aromatic heterocycles. The summed E-state index contributed by atoms with van der Waals surface area (Å²) in [5, 5.41) is 0. The number of methoxy groups -OCH3 is 2. The van der Waals surface area contributed by atoms with Gasteiger partial charge in [0.05, 0.1) is 12.9 Å². The minimum atomic E-state index is -5.66. The zero-order valence-electron chi connectivity index (χ0n) is 16.8. The van der Waals surface area contributed by atoms with Crippen molar-refractivity contribution in [3.63, 3.8) is 0 Å². The summed E-state index contributed by atoms with van der Waals surface area (Å²) in [7, 11) is -13.9. The first-order chi connectivity index (χ1) is 15.3. The lowest BCUT2D eigenvalue weighted by Gasteiger charge is -2.22. The summed E-state index contributed by atoms with van der Waals surface area (Å²) >= 11 is 0. The summed E-state index contributed by atoms with van der Waals surface area (Å²) in [5.41, 5.74) is 6.38. The van der Waals surface area contributed by atoms with E-state index in [0.29, 0.717) is 11.2 Å². The van der Waals surface area contributed by atoms with E-state index >= 15 is 0 Å². The van der Waals surface area contributed by atoms with Crippen LogP contribution in [0.5, 0.6) is 0 Å². The van der Waals surface area contributed by atoms with Crippen LogP contribution in [-0.2, 0) is 41.1 Å². The van der Waals surface area contributed by atoms with Crippen LogP contribution >= 0.6 is 23.5 Å². The van der Waals surface area contributed by atoms with Crippen molar-refractivity contribution in [3.05, 3.63) is 12.7 Å². The number of imidazole rings is 1. The Bertz CT molecular complexity index is 1140. The summed E-state index contributed by atoms with van der Waals surface area (Å²) in [5.74, 6) is 0.123. The number of fused-ring (bicyclic) bond motifs is 1. The van der Waals surface area contributed by atoms with Crippen molar-refractivity contribution < 1.29 is 60.6 Å². The first kappa shape index (κ1) is 26.2. The van der Waals surface area contributed by atoms with Crippen molar-refractivity contribution in [2.75, 3.05) is 26.6 Å². The van der Waals surface area contributed by atoms with Gasteiger partial charge in [0.25, 0.3) is 0 Å². The molecule has 6 N–H and O–H groups in total. The zero-order chi connectivity index (χ0) is 24.6. The van der Waals surface area contributed by atoms with Crippen LogP contribution in [0.4, 0.5) is 5.82 Å². The lowest BCUT2D eigenvalue weighted by Crippen LogP contribution is -2.36. The molecule has 6 atom stereocenters. The largest absolute Gasteiger partial charge is 0.490 e. The van der Waals surface area contributed by atoms with E-state index in [4.69, 9.17) is 29.7 Å². The van der Waals surface area contributed by atoms with Gasteiger partial charge in [0, 0.05) is 14.2 Å². The average Bonchev–Trinajstić information content (AvgIpc) is 3.24. The minimum Gasteiger partial charge on any atom is -0.382 e. The fourth-order valence-corrected chi connectivity index (χ4v) is 6.16. The topological polar surface area (TPSA) is 257 Å². The standard InChI is InChI=1S/C12H20N5O13P3/c1-25-8-6(3-27-32(21,22)30-33(23,24)29-31(18,19)20)28-12(9(8)26-2)17-5-16-7-10(13)14-4-15-11(7)17/h4-6,8-9,12H,3H2,1-2H3,(H,21,22)(H,23,24)(H2,13,14,15)(H2,18,19,20). The van der Waals surface area contributed by atoms with Gasteiger partial charge in [-0.25, -0.2) is 28.6 Å². The number of anilines is 1. The molecule has 186 valence electrons. The Morgan fingerprint density at radius 3 is 2.30 bits per heavy atom. The molecule has 0 aliphatic carbocycles. The molecule has 3 heterocycles. The number of nitrogens with two attached hydrogens (primary N) is 1. The van der Waals surface area contributed by atoms with Gasteiger partial charge < -0.3 is 39.5 Å². The monoisotopic (exact) mass is 535 g/mol. The fourth-order valence-electron chi connectivity index (χ4n) is 3.13. The Hall–Kier alpha value is -1.36. The van der Waals surface area contributed by atoms with Gasteiger partial charge in [-0.15, -0.1) is 0 Å². The number of phosphoric ester groups is 1. The number of hydrogen-bond acceptors (Lipinski definition) is 13. The normalized spacial score (nSPS) is 27.5. The smallest absolute Gasteiger partial charge is 0.382 e. The van der Waals surface area contributed by atoms with E-state index in [1.54, 1.807) is 0 Å². The third kappa shape index (κ3) is 6.21. The molecule has 33 heavy (non-hydrogen) atoms. The van der Waals surface area contributed by atoms with Crippen LogP contribution in [0.3, 0.4) is 0 Å². The first-order valence-corrected chi connectivity index (χ1v) is 13.2. The number of rotatable bonds is 10. The molecule has 1 aliphatic heterocycles. The molecule has 1 saturated heterocycles. The van der Waals surface area contributed by atoms with Crippen LogP contribution in [0.2, 0.25) is 0 Å². The molecule has 0 bridgehead atoms. The third-order valence-electron chi connectivity index (χ3n) is 4.31. The van der Waals surface area contributed by atoms with Gasteiger partial charge in [0.1, 0.15) is 30.2 Å². The lowest BCUT2D eigenvalue weighted by molar-refractivity contribution is -0.0577. The lowest BCUT2D eigenvalue weighted by atomic mass is 10.1. The fraction of sp³-hybridized carbons (Fsp3) is 0.583. The van der Waals surface area contributed by atoms with Crippen LogP contribution in [0.25, 0.3) is 11.2 Å². The van der Waals surface area contributed by atoms with E-state index in [0.717, 1.165) is 0 Å². The number of ether oxygens (including phenoxy) is 3. The van der Waals surface area contributed by atoms with Crippen molar-refractivity contribution in [3.8, 4) is 0 Å². The summed E-state index contributed by atoms with van der Waals surface area (Å²) in [4.78, 5) is 48.2. The molecule has 1 aliphatic rings. The van der Waals surface area contributed by atoms with Crippen molar-refractivity contribution in [2.45, 2.75) is 24.5 Å². The van der Waals surface area contributed by atoms with Crippen LogP contribution in [0, 0.1) is 0 Å². The zero-order valence-corrected chi connectivity index (χ0v) is 19.5. The molecule has 6 unspecified atom stereocenters. The maximum Gasteiger partial charge on any atom is 0.490 e. The Balaban J connectivity index is 1.77. The van der Waals surface area contributed by atoms with Crippen molar-refractivity contribution in [1.29, 1.82) is 0 Å². The molecule has 21 heteroatoms.